The monoisotopic (exact) mass is 282 g/mol. The van der Waals surface area contributed by atoms with E-state index in [1.54, 1.807) is 6.92 Å². The molecule has 0 aromatic heterocycles. The highest BCUT2D eigenvalue weighted by Gasteiger charge is 2.07. The fraction of sp³-hybridized carbons (Fsp3) is 0.500. The van der Waals surface area contributed by atoms with Gasteiger partial charge in [0, 0.05) is 11.6 Å². The van der Waals surface area contributed by atoms with E-state index in [-0.39, 0.29) is 12.6 Å². The van der Waals surface area contributed by atoms with Crippen LogP contribution in [0.25, 0.3) is 0 Å². The predicted octanol–water partition coefficient (Wildman–Crippen LogP) is 3.44. The van der Waals surface area contributed by atoms with Crippen LogP contribution in [0.15, 0.2) is 37.5 Å². The summed E-state index contributed by atoms with van der Waals surface area (Å²) < 4.78 is 9.47. The third-order valence-electron chi connectivity index (χ3n) is 2.46. The first-order valence-corrected chi connectivity index (χ1v) is 6.65. The number of hydrogen-bond acceptors (Lipinski definition) is 4. The van der Waals surface area contributed by atoms with Gasteiger partial charge >= 0.3 is 11.9 Å². The lowest BCUT2D eigenvalue weighted by Gasteiger charge is -2.12. The van der Waals surface area contributed by atoms with Crippen molar-refractivity contribution in [2.75, 3.05) is 13.2 Å². The maximum atomic E-state index is 11.0. The second kappa shape index (κ2) is 13.6. The average molecular weight is 282 g/mol. The molecule has 0 spiro atoms. The van der Waals surface area contributed by atoms with Gasteiger partial charge in [-0.2, -0.15) is 0 Å². The number of hydrogen-bond donors (Lipinski definition) is 0. The Labute approximate surface area is 122 Å². The number of esters is 2. The minimum Gasteiger partial charge on any atom is -0.462 e. The molecule has 4 nitrogen and oxygen atoms in total. The van der Waals surface area contributed by atoms with Crippen molar-refractivity contribution in [3.63, 3.8) is 0 Å². The summed E-state index contributed by atoms with van der Waals surface area (Å²) in [5.74, 6) is -0.194. The van der Waals surface area contributed by atoms with Gasteiger partial charge in [-0.15, -0.1) is 0 Å². The summed E-state index contributed by atoms with van der Waals surface area (Å²) in [5.41, 5.74) is 0.473. The second-order valence-electron chi connectivity index (χ2n) is 4.18. The zero-order valence-electron chi connectivity index (χ0n) is 12.8. The molecule has 0 heterocycles. The molecule has 20 heavy (non-hydrogen) atoms. The van der Waals surface area contributed by atoms with Crippen LogP contribution in [0.3, 0.4) is 0 Å². The van der Waals surface area contributed by atoms with E-state index in [0.717, 1.165) is 18.9 Å². The van der Waals surface area contributed by atoms with E-state index in [9.17, 15) is 9.59 Å². The van der Waals surface area contributed by atoms with Gasteiger partial charge in [-0.25, -0.2) is 9.59 Å². The molecular weight excluding hydrogens is 256 g/mol. The molecule has 0 aliphatic heterocycles. The summed E-state index contributed by atoms with van der Waals surface area (Å²) in [6.07, 6.45) is 4.73. The molecule has 0 aromatic rings. The van der Waals surface area contributed by atoms with Gasteiger partial charge in [0.05, 0.1) is 6.61 Å². The van der Waals surface area contributed by atoms with Crippen LogP contribution in [-0.2, 0) is 19.1 Å². The van der Waals surface area contributed by atoms with Gasteiger partial charge < -0.3 is 9.47 Å². The Morgan fingerprint density at radius 3 is 2.05 bits per heavy atom. The first kappa shape index (κ1) is 20.5. The molecule has 114 valence electrons. The Morgan fingerprint density at radius 2 is 1.70 bits per heavy atom. The van der Waals surface area contributed by atoms with Crippen molar-refractivity contribution in [1.82, 2.24) is 0 Å². The van der Waals surface area contributed by atoms with Crippen LogP contribution in [0.4, 0.5) is 0 Å². The maximum absolute atomic E-state index is 11.0. The Hall–Kier alpha value is -1.84. The quantitative estimate of drug-likeness (QED) is 0.389. The average Bonchev–Trinajstić information content (AvgIpc) is 2.45. The summed E-state index contributed by atoms with van der Waals surface area (Å²) in [6, 6.07) is 0. The first-order valence-electron chi connectivity index (χ1n) is 6.65. The molecule has 0 aliphatic rings. The molecule has 0 saturated carbocycles. The van der Waals surface area contributed by atoms with Crippen LogP contribution < -0.4 is 0 Å². The van der Waals surface area contributed by atoms with Crippen LogP contribution >= 0.6 is 0 Å². The van der Waals surface area contributed by atoms with E-state index in [1.807, 2.05) is 0 Å². The Kier molecular flexibility index (Phi) is 13.9. The van der Waals surface area contributed by atoms with Gasteiger partial charge in [0.15, 0.2) is 0 Å². The van der Waals surface area contributed by atoms with E-state index in [1.165, 1.54) is 6.08 Å². The van der Waals surface area contributed by atoms with Crippen molar-refractivity contribution in [3.05, 3.63) is 37.5 Å². The number of carbonyl (C=O) groups is 2. The topological polar surface area (TPSA) is 52.6 Å². The van der Waals surface area contributed by atoms with Gasteiger partial charge in [-0.1, -0.05) is 52.5 Å². The molecule has 0 fully saturated rings. The van der Waals surface area contributed by atoms with Gasteiger partial charge in [0.25, 0.3) is 0 Å². The second-order valence-corrected chi connectivity index (χ2v) is 4.18. The maximum Gasteiger partial charge on any atom is 0.333 e. The summed E-state index contributed by atoms with van der Waals surface area (Å²) in [4.78, 5) is 21.1. The van der Waals surface area contributed by atoms with E-state index >= 15 is 0 Å². The summed E-state index contributed by atoms with van der Waals surface area (Å²) in [6.45, 7) is 16.7. The molecule has 0 aliphatic carbocycles. The van der Waals surface area contributed by atoms with E-state index < -0.39 is 5.97 Å². The standard InChI is InChI=1S/C10H18O2.C6H8O2/c1-5-9(6-2)7-12-10(11)8(3)4;1-3-5-8-6(7)4-2/h9H,3,5-7H2,1-2,4H3;3-4H,1-2,5H2. The molecule has 0 bridgehead atoms. The normalized spacial score (nSPS) is 9.00. The minimum absolute atomic E-state index is 0.255. The predicted molar refractivity (Wildman–Crippen MR) is 81.2 cm³/mol. The highest BCUT2D eigenvalue weighted by molar-refractivity contribution is 5.86. The first-order chi connectivity index (χ1) is 9.42. The highest BCUT2D eigenvalue weighted by Crippen LogP contribution is 2.08. The van der Waals surface area contributed by atoms with Crippen LogP contribution in [0, 0.1) is 5.92 Å². The number of ether oxygens (including phenoxy) is 2. The SMILES string of the molecule is C=C(C)C(=O)OCC(CC)CC.C=CCOC(=O)C=C. The summed E-state index contributed by atoms with van der Waals surface area (Å²) >= 11 is 0. The summed E-state index contributed by atoms with van der Waals surface area (Å²) in [5, 5.41) is 0. The number of rotatable bonds is 8. The van der Waals surface area contributed by atoms with Gasteiger partial charge in [0.2, 0.25) is 0 Å². The van der Waals surface area contributed by atoms with Crippen molar-refractivity contribution in [1.29, 1.82) is 0 Å². The molecule has 0 aromatic carbocycles. The molecule has 0 N–H and O–H groups in total. The Bertz CT molecular complexity index is 327. The summed E-state index contributed by atoms with van der Waals surface area (Å²) in [7, 11) is 0. The molecule has 0 saturated heterocycles. The number of carbonyl (C=O) groups excluding carboxylic acids is 2. The van der Waals surface area contributed by atoms with E-state index in [0.29, 0.717) is 18.1 Å². The van der Waals surface area contributed by atoms with Crippen LogP contribution in [-0.4, -0.2) is 25.2 Å². The van der Waals surface area contributed by atoms with Gasteiger partial charge in [0.1, 0.15) is 6.61 Å². The Morgan fingerprint density at radius 1 is 1.15 bits per heavy atom. The zero-order chi connectivity index (χ0) is 16.0. The fourth-order valence-electron chi connectivity index (χ4n) is 1.04. The molecule has 0 radical (unpaired) electrons. The lowest BCUT2D eigenvalue weighted by atomic mass is 10.1. The molecule has 4 heteroatoms. The van der Waals surface area contributed by atoms with Crippen molar-refractivity contribution in [2.24, 2.45) is 5.92 Å². The molecule has 0 unspecified atom stereocenters. The van der Waals surface area contributed by atoms with Gasteiger partial charge in [-0.3, -0.25) is 0 Å². The zero-order valence-corrected chi connectivity index (χ0v) is 12.8. The Balaban J connectivity index is 0. The van der Waals surface area contributed by atoms with Crippen molar-refractivity contribution < 1.29 is 19.1 Å². The highest BCUT2D eigenvalue weighted by atomic mass is 16.5. The third kappa shape index (κ3) is 12.6. The lowest BCUT2D eigenvalue weighted by molar-refractivity contribution is -0.140. The van der Waals surface area contributed by atoms with E-state index in [2.05, 4.69) is 38.3 Å². The lowest BCUT2D eigenvalue weighted by Crippen LogP contribution is -2.13. The van der Waals surface area contributed by atoms with Crippen molar-refractivity contribution >= 4 is 11.9 Å². The molecule has 0 atom stereocenters. The van der Waals surface area contributed by atoms with E-state index in [4.69, 9.17) is 4.74 Å². The smallest absolute Gasteiger partial charge is 0.333 e. The van der Waals surface area contributed by atoms with Crippen LogP contribution in [0.1, 0.15) is 33.6 Å². The third-order valence-corrected chi connectivity index (χ3v) is 2.46. The largest absolute Gasteiger partial charge is 0.462 e. The molecule has 0 amide bonds. The van der Waals surface area contributed by atoms with Gasteiger partial charge in [-0.05, 0) is 12.8 Å². The van der Waals surface area contributed by atoms with Crippen molar-refractivity contribution in [3.8, 4) is 0 Å². The molecular formula is C16H26O4. The van der Waals surface area contributed by atoms with Crippen LogP contribution in [0.2, 0.25) is 0 Å². The molecule has 0 rings (SSSR count). The minimum atomic E-state index is -0.412. The fourth-order valence-corrected chi connectivity index (χ4v) is 1.04. The van der Waals surface area contributed by atoms with Crippen molar-refractivity contribution in [2.45, 2.75) is 33.6 Å². The van der Waals surface area contributed by atoms with Crippen LogP contribution in [0.5, 0.6) is 0 Å².